The molecule has 6 fully saturated rings. The van der Waals surface area contributed by atoms with Gasteiger partial charge in [-0.25, -0.2) is 4.98 Å². The molecule has 4 bridgehead atoms. The highest BCUT2D eigenvalue weighted by Crippen LogP contribution is 2.92. The number of Topliss-reactive ketones (excluding diaryl/α,β-unsaturated/α-hetero) is 1. The SMILES string of the molecule is CCc1nc(C(C)NC(=O)C23C4C(=O)C5C6CC(C52)C3C64)n[nH]1. The van der Waals surface area contributed by atoms with Crippen molar-refractivity contribution in [1.29, 1.82) is 0 Å². The number of carbonyl (C=O) groups excluding carboxylic acids is 2. The van der Waals surface area contributed by atoms with Crippen molar-refractivity contribution in [2.75, 3.05) is 0 Å². The molecule has 9 unspecified atom stereocenters. The highest BCUT2D eigenvalue weighted by Gasteiger charge is 2.96. The molecule has 120 valence electrons. The molecule has 9 atom stereocenters. The maximum atomic E-state index is 13.1. The third kappa shape index (κ3) is 1.03. The third-order valence-corrected chi connectivity index (χ3v) is 7.87. The van der Waals surface area contributed by atoms with Crippen molar-refractivity contribution in [3.63, 3.8) is 0 Å². The molecule has 1 heterocycles. The molecular formula is C17H20N4O2. The van der Waals surface area contributed by atoms with Crippen LogP contribution in [0, 0.1) is 46.8 Å². The van der Waals surface area contributed by atoms with Crippen LogP contribution in [-0.4, -0.2) is 26.9 Å². The third-order valence-electron chi connectivity index (χ3n) is 7.87. The van der Waals surface area contributed by atoms with Gasteiger partial charge >= 0.3 is 0 Å². The van der Waals surface area contributed by atoms with Crippen molar-refractivity contribution in [2.24, 2.45) is 46.8 Å². The minimum Gasteiger partial charge on any atom is -0.346 e. The number of nitrogens with one attached hydrogen (secondary N) is 2. The zero-order valence-corrected chi connectivity index (χ0v) is 13.2. The number of hydrogen-bond donors (Lipinski definition) is 2. The van der Waals surface area contributed by atoms with E-state index >= 15 is 0 Å². The normalized spacial score (nSPS) is 50.9. The van der Waals surface area contributed by atoms with Crippen LogP contribution in [0.25, 0.3) is 0 Å². The van der Waals surface area contributed by atoms with Gasteiger partial charge in [0.1, 0.15) is 11.6 Å². The van der Waals surface area contributed by atoms with Crippen molar-refractivity contribution in [1.82, 2.24) is 20.5 Å². The molecule has 0 aliphatic heterocycles. The van der Waals surface area contributed by atoms with Crippen LogP contribution >= 0.6 is 0 Å². The van der Waals surface area contributed by atoms with Gasteiger partial charge in [-0.15, -0.1) is 0 Å². The van der Waals surface area contributed by atoms with E-state index in [4.69, 9.17) is 0 Å². The van der Waals surface area contributed by atoms with E-state index in [9.17, 15) is 9.59 Å². The van der Waals surface area contributed by atoms with E-state index in [-0.39, 0.29) is 29.2 Å². The number of ketones is 1. The Labute approximate surface area is 133 Å². The number of nitrogens with zero attached hydrogens (tertiary/aromatic N) is 2. The second kappa shape index (κ2) is 3.52. The van der Waals surface area contributed by atoms with Crippen LogP contribution in [0.15, 0.2) is 0 Å². The number of hydrogen-bond acceptors (Lipinski definition) is 4. The predicted octanol–water partition coefficient (Wildman–Crippen LogP) is 0.871. The van der Waals surface area contributed by atoms with Crippen molar-refractivity contribution in [3.05, 3.63) is 11.6 Å². The van der Waals surface area contributed by atoms with Crippen LogP contribution in [0.5, 0.6) is 0 Å². The van der Waals surface area contributed by atoms with Gasteiger partial charge in [0.25, 0.3) is 0 Å². The lowest BCUT2D eigenvalue weighted by atomic mass is 9.31. The Kier molecular flexibility index (Phi) is 1.94. The Morgan fingerprint density at radius 3 is 2.96 bits per heavy atom. The van der Waals surface area contributed by atoms with Gasteiger partial charge in [0.2, 0.25) is 5.91 Å². The summed E-state index contributed by atoms with van der Waals surface area (Å²) >= 11 is 0. The second-order valence-corrected chi connectivity index (χ2v) is 8.22. The summed E-state index contributed by atoms with van der Waals surface area (Å²) in [4.78, 5) is 30.1. The number of carbonyl (C=O) groups is 2. The molecule has 1 aromatic heterocycles. The van der Waals surface area contributed by atoms with E-state index in [1.165, 1.54) is 6.42 Å². The zero-order chi connectivity index (χ0) is 15.7. The molecule has 0 radical (unpaired) electrons. The average Bonchev–Trinajstić information content (AvgIpc) is 3.20. The first-order valence-corrected chi connectivity index (χ1v) is 8.86. The fourth-order valence-corrected chi connectivity index (χ4v) is 7.47. The molecule has 23 heavy (non-hydrogen) atoms. The van der Waals surface area contributed by atoms with Gasteiger partial charge in [0.05, 0.1) is 11.5 Å². The van der Waals surface area contributed by atoms with Gasteiger partial charge in [-0.05, 0) is 42.9 Å². The topological polar surface area (TPSA) is 87.7 Å². The molecule has 6 aliphatic carbocycles. The standard InChI is InChI=1S/C17H20N4O2/c1-3-8-19-15(21-20-8)5(2)18-16(23)17-11-7-4-6-9(11)13(17)14(22)10(6)12(7)17/h5-7,9-13H,3-4H2,1-2H3,(H,18,23)(H,19,20,21). The van der Waals surface area contributed by atoms with E-state index in [1.54, 1.807) is 0 Å². The summed E-state index contributed by atoms with van der Waals surface area (Å²) in [6, 6.07) is -0.212. The largest absolute Gasteiger partial charge is 0.346 e. The fraction of sp³-hybridized carbons (Fsp3) is 0.765. The molecule has 6 nitrogen and oxygen atoms in total. The van der Waals surface area contributed by atoms with Gasteiger partial charge in [-0.2, -0.15) is 5.10 Å². The minimum atomic E-state index is -0.345. The molecule has 1 amide bonds. The van der Waals surface area contributed by atoms with Crippen LogP contribution in [-0.2, 0) is 16.0 Å². The molecule has 6 heteroatoms. The summed E-state index contributed by atoms with van der Waals surface area (Å²) in [5, 5.41) is 10.2. The Morgan fingerprint density at radius 2 is 2.26 bits per heavy atom. The quantitative estimate of drug-likeness (QED) is 0.863. The van der Waals surface area contributed by atoms with Crippen LogP contribution < -0.4 is 5.32 Å². The van der Waals surface area contributed by atoms with E-state index in [2.05, 4.69) is 20.5 Å². The van der Waals surface area contributed by atoms with Gasteiger partial charge < -0.3 is 5.32 Å². The molecule has 1 aromatic rings. The summed E-state index contributed by atoms with van der Waals surface area (Å²) < 4.78 is 0. The lowest BCUT2D eigenvalue weighted by Crippen LogP contribution is -2.75. The van der Waals surface area contributed by atoms with Crippen molar-refractivity contribution < 1.29 is 9.59 Å². The predicted molar refractivity (Wildman–Crippen MR) is 78.8 cm³/mol. The lowest BCUT2D eigenvalue weighted by molar-refractivity contribution is -0.249. The van der Waals surface area contributed by atoms with E-state index in [1.807, 2.05) is 13.8 Å². The number of aryl methyl sites for hydroxylation is 1. The Morgan fingerprint density at radius 1 is 1.43 bits per heavy atom. The number of amides is 1. The van der Waals surface area contributed by atoms with Crippen molar-refractivity contribution >= 4 is 11.7 Å². The average molecular weight is 312 g/mol. The Bertz CT molecular complexity index is 772. The lowest BCUT2D eigenvalue weighted by Gasteiger charge is -2.70. The summed E-state index contributed by atoms with van der Waals surface area (Å²) in [6.45, 7) is 3.94. The van der Waals surface area contributed by atoms with E-state index < -0.39 is 0 Å². The number of aromatic amines is 1. The molecular weight excluding hydrogens is 292 g/mol. The van der Waals surface area contributed by atoms with Gasteiger partial charge in [-0.1, -0.05) is 6.92 Å². The summed E-state index contributed by atoms with van der Waals surface area (Å²) in [5.41, 5.74) is -0.345. The van der Waals surface area contributed by atoms with Gasteiger partial charge in [0.15, 0.2) is 5.82 Å². The monoisotopic (exact) mass is 312 g/mol. The molecule has 6 saturated carbocycles. The first-order valence-electron chi connectivity index (χ1n) is 8.86. The molecule has 7 rings (SSSR count). The van der Waals surface area contributed by atoms with Crippen LogP contribution in [0.2, 0.25) is 0 Å². The van der Waals surface area contributed by atoms with Crippen LogP contribution in [0.4, 0.5) is 0 Å². The maximum Gasteiger partial charge on any atom is 0.228 e. The van der Waals surface area contributed by atoms with E-state index in [0.29, 0.717) is 41.2 Å². The summed E-state index contributed by atoms with van der Waals surface area (Å²) in [6.07, 6.45) is 2.00. The molecule has 0 saturated heterocycles. The van der Waals surface area contributed by atoms with Gasteiger partial charge in [-0.3, -0.25) is 14.7 Å². The second-order valence-electron chi connectivity index (χ2n) is 8.22. The molecule has 2 N–H and O–H groups in total. The van der Waals surface area contributed by atoms with Gasteiger partial charge in [0, 0.05) is 18.3 Å². The summed E-state index contributed by atoms with van der Waals surface area (Å²) in [5.74, 6) is 4.91. The van der Waals surface area contributed by atoms with Crippen molar-refractivity contribution in [2.45, 2.75) is 32.7 Å². The number of H-pyrrole nitrogens is 1. The molecule has 6 aliphatic rings. The van der Waals surface area contributed by atoms with Crippen LogP contribution in [0.1, 0.15) is 38.0 Å². The Balaban J connectivity index is 1.28. The van der Waals surface area contributed by atoms with Crippen molar-refractivity contribution in [3.8, 4) is 0 Å². The first kappa shape index (κ1) is 12.7. The summed E-state index contributed by atoms with van der Waals surface area (Å²) in [7, 11) is 0. The molecule has 0 spiro atoms. The smallest absolute Gasteiger partial charge is 0.228 e. The number of aromatic nitrogens is 3. The first-order chi connectivity index (χ1) is 11.1. The van der Waals surface area contributed by atoms with E-state index in [0.717, 1.165) is 12.2 Å². The van der Waals surface area contributed by atoms with Crippen LogP contribution in [0.3, 0.4) is 0 Å². The fourth-order valence-electron chi connectivity index (χ4n) is 7.47. The Hall–Kier alpha value is -1.72. The maximum absolute atomic E-state index is 13.1. The number of rotatable bonds is 4. The minimum absolute atomic E-state index is 0.0387. The molecule has 0 aromatic carbocycles. The highest BCUT2D eigenvalue weighted by molar-refractivity contribution is 6.04. The zero-order valence-electron chi connectivity index (χ0n) is 13.2. The highest BCUT2D eigenvalue weighted by atomic mass is 16.2.